The third-order valence-electron chi connectivity index (χ3n) is 2.57. The topological polar surface area (TPSA) is 95.2 Å². The number of methoxy groups -OCH3 is 1. The summed E-state index contributed by atoms with van der Waals surface area (Å²) in [5, 5.41) is -0.608. The van der Waals surface area contributed by atoms with Crippen LogP contribution in [0.3, 0.4) is 0 Å². The second kappa shape index (κ2) is 5.60. The van der Waals surface area contributed by atoms with E-state index in [1.807, 2.05) is 0 Å². The molecule has 0 amide bonds. The van der Waals surface area contributed by atoms with Gasteiger partial charge in [0.05, 0.1) is 12.9 Å². The highest BCUT2D eigenvalue weighted by molar-refractivity contribution is 7.90. The van der Waals surface area contributed by atoms with Crippen molar-refractivity contribution in [2.24, 2.45) is 0 Å². The lowest BCUT2D eigenvalue weighted by Crippen LogP contribution is -2.12. The van der Waals surface area contributed by atoms with Crippen LogP contribution in [0.4, 0.5) is 14.6 Å². The maximum absolute atomic E-state index is 13.5. The van der Waals surface area contributed by atoms with E-state index < -0.39 is 32.4 Å². The number of hydrogen-bond donors (Lipinski definition) is 1. The molecule has 1 aromatic carbocycles. The van der Waals surface area contributed by atoms with E-state index in [4.69, 9.17) is 10.5 Å². The summed E-state index contributed by atoms with van der Waals surface area (Å²) in [6, 6.07) is 4.51. The molecule has 0 aliphatic heterocycles. The molecule has 1 heterocycles. The molecule has 6 nitrogen and oxygen atoms in total. The Labute approximate surface area is 119 Å². The van der Waals surface area contributed by atoms with Crippen molar-refractivity contribution in [3.8, 4) is 5.88 Å². The van der Waals surface area contributed by atoms with Crippen molar-refractivity contribution in [2.75, 3.05) is 12.8 Å². The Hall–Kier alpha value is -2.29. The van der Waals surface area contributed by atoms with Gasteiger partial charge in [-0.15, -0.1) is 0 Å². The van der Waals surface area contributed by atoms with Crippen molar-refractivity contribution in [1.29, 1.82) is 0 Å². The molecule has 112 valence electrons. The van der Waals surface area contributed by atoms with Crippen LogP contribution in [0.1, 0.15) is 5.56 Å². The summed E-state index contributed by atoms with van der Waals surface area (Å²) >= 11 is 0. The van der Waals surface area contributed by atoms with Crippen LogP contribution in [-0.4, -0.2) is 25.5 Å². The molecule has 2 N–H and O–H groups in total. The number of halogens is 2. The van der Waals surface area contributed by atoms with Crippen molar-refractivity contribution >= 4 is 15.7 Å². The van der Waals surface area contributed by atoms with Crippen molar-refractivity contribution in [3.05, 3.63) is 41.5 Å². The first-order valence-electron chi connectivity index (χ1n) is 5.67. The van der Waals surface area contributed by atoms with E-state index in [0.29, 0.717) is 0 Å². The van der Waals surface area contributed by atoms with Crippen molar-refractivity contribution in [2.45, 2.75) is 10.9 Å². The Morgan fingerprint density at radius 3 is 2.67 bits per heavy atom. The molecule has 0 spiro atoms. The average molecular weight is 315 g/mol. The van der Waals surface area contributed by atoms with Gasteiger partial charge in [-0.2, -0.15) is 4.98 Å². The molecule has 9 heteroatoms. The number of nitrogens with two attached hydrogens (primary N) is 1. The molecule has 0 bridgehead atoms. The van der Waals surface area contributed by atoms with Crippen LogP contribution in [0.5, 0.6) is 5.88 Å². The minimum Gasteiger partial charge on any atom is -0.481 e. The Kier molecular flexibility index (Phi) is 4.03. The second-order valence-electron chi connectivity index (χ2n) is 4.09. The van der Waals surface area contributed by atoms with Gasteiger partial charge in [-0.3, -0.25) is 0 Å². The van der Waals surface area contributed by atoms with Gasteiger partial charge in [0.1, 0.15) is 5.82 Å². The zero-order valence-electron chi connectivity index (χ0n) is 10.9. The fourth-order valence-corrected chi connectivity index (χ4v) is 2.83. The number of rotatable bonds is 4. The molecule has 0 aliphatic rings. The Bertz CT molecular complexity index is 781. The molecule has 2 rings (SSSR count). The molecule has 0 saturated heterocycles. The van der Waals surface area contributed by atoms with E-state index in [-0.39, 0.29) is 17.3 Å². The van der Waals surface area contributed by atoms with E-state index in [9.17, 15) is 17.2 Å². The van der Waals surface area contributed by atoms with Gasteiger partial charge < -0.3 is 10.5 Å². The third kappa shape index (κ3) is 3.24. The summed E-state index contributed by atoms with van der Waals surface area (Å²) in [5.74, 6) is -3.30. The van der Waals surface area contributed by atoms with E-state index >= 15 is 0 Å². The number of anilines is 1. The van der Waals surface area contributed by atoms with Crippen LogP contribution in [-0.2, 0) is 15.6 Å². The van der Waals surface area contributed by atoms with Gasteiger partial charge >= 0.3 is 0 Å². The van der Waals surface area contributed by atoms with Crippen LogP contribution >= 0.6 is 0 Å². The first-order chi connectivity index (χ1) is 9.83. The molecule has 0 fully saturated rings. The first kappa shape index (κ1) is 15.1. The van der Waals surface area contributed by atoms with Gasteiger partial charge in [-0.1, -0.05) is 12.1 Å². The second-order valence-corrected chi connectivity index (χ2v) is 5.97. The average Bonchev–Trinajstić information content (AvgIpc) is 2.43. The minimum atomic E-state index is -4.10. The lowest BCUT2D eigenvalue weighted by atomic mass is 10.2. The number of sulfone groups is 1. The lowest BCUT2D eigenvalue weighted by Gasteiger charge is -2.07. The van der Waals surface area contributed by atoms with Crippen LogP contribution in [0.25, 0.3) is 0 Å². The Morgan fingerprint density at radius 1 is 1.29 bits per heavy atom. The predicted octanol–water partition coefficient (Wildman–Crippen LogP) is 1.32. The summed E-state index contributed by atoms with van der Waals surface area (Å²) in [6.07, 6.45) is 0. The molecule has 21 heavy (non-hydrogen) atoms. The van der Waals surface area contributed by atoms with Gasteiger partial charge in [0, 0.05) is 11.6 Å². The molecule has 0 radical (unpaired) electrons. The van der Waals surface area contributed by atoms with Gasteiger partial charge in [0.15, 0.2) is 11.6 Å². The number of ether oxygens (including phenoxy) is 1. The Morgan fingerprint density at radius 2 is 2.00 bits per heavy atom. The molecule has 0 atom stereocenters. The van der Waals surface area contributed by atoms with Gasteiger partial charge in [-0.05, 0) is 6.07 Å². The largest absolute Gasteiger partial charge is 0.481 e. The molecule has 2 aromatic rings. The summed E-state index contributed by atoms with van der Waals surface area (Å²) in [7, 11) is -2.81. The predicted molar refractivity (Wildman–Crippen MR) is 70.2 cm³/mol. The van der Waals surface area contributed by atoms with E-state index in [1.54, 1.807) is 0 Å². The number of aromatic nitrogens is 2. The molecule has 1 aromatic heterocycles. The van der Waals surface area contributed by atoms with Crippen LogP contribution < -0.4 is 10.5 Å². The first-order valence-corrected chi connectivity index (χ1v) is 7.33. The zero-order chi connectivity index (χ0) is 15.6. The lowest BCUT2D eigenvalue weighted by molar-refractivity contribution is 0.391. The normalized spacial score (nSPS) is 11.4. The van der Waals surface area contributed by atoms with E-state index in [0.717, 1.165) is 6.07 Å². The summed E-state index contributed by atoms with van der Waals surface area (Å²) < 4.78 is 55.8. The fraction of sp³-hybridized carbons (Fsp3) is 0.167. The molecular weight excluding hydrogens is 304 g/mol. The van der Waals surface area contributed by atoms with Crippen molar-refractivity contribution in [3.63, 3.8) is 0 Å². The molecule has 0 saturated carbocycles. The Balaban J connectivity index is 2.43. The molecular formula is C12H11F2N3O3S. The third-order valence-corrected chi connectivity index (χ3v) is 4.00. The molecule has 0 unspecified atom stereocenters. The van der Waals surface area contributed by atoms with Gasteiger partial charge in [-0.25, -0.2) is 22.2 Å². The zero-order valence-corrected chi connectivity index (χ0v) is 11.7. The van der Waals surface area contributed by atoms with Gasteiger partial charge in [0.2, 0.25) is 15.7 Å². The SMILES string of the molecule is COc1cc(N)nc(S(=O)(=O)Cc2cccc(F)c2F)n1. The van der Waals surface area contributed by atoms with Crippen LogP contribution in [0.2, 0.25) is 0 Å². The fourth-order valence-electron chi connectivity index (χ4n) is 1.59. The number of nitrogen functional groups attached to an aromatic ring is 1. The minimum absolute atomic E-state index is 0.0409. The summed E-state index contributed by atoms with van der Waals surface area (Å²) in [5.41, 5.74) is 5.13. The smallest absolute Gasteiger partial charge is 0.252 e. The quantitative estimate of drug-likeness (QED) is 0.855. The summed E-state index contributed by atoms with van der Waals surface area (Å²) in [4.78, 5) is 7.24. The monoisotopic (exact) mass is 315 g/mol. The number of hydrogen-bond acceptors (Lipinski definition) is 6. The maximum atomic E-state index is 13.5. The number of nitrogens with zero attached hydrogens (tertiary/aromatic N) is 2. The van der Waals surface area contributed by atoms with E-state index in [1.165, 1.54) is 25.3 Å². The maximum Gasteiger partial charge on any atom is 0.252 e. The highest BCUT2D eigenvalue weighted by atomic mass is 32.2. The highest BCUT2D eigenvalue weighted by Gasteiger charge is 2.23. The van der Waals surface area contributed by atoms with Crippen LogP contribution in [0, 0.1) is 11.6 Å². The number of benzene rings is 1. The van der Waals surface area contributed by atoms with Crippen molar-refractivity contribution < 1.29 is 21.9 Å². The van der Waals surface area contributed by atoms with E-state index in [2.05, 4.69) is 9.97 Å². The van der Waals surface area contributed by atoms with Crippen molar-refractivity contribution in [1.82, 2.24) is 9.97 Å². The molecule has 0 aliphatic carbocycles. The highest BCUT2D eigenvalue weighted by Crippen LogP contribution is 2.20. The van der Waals surface area contributed by atoms with Crippen LogP contribution in [0.15, 0.2) is 29.4 Å². The van der Waals surface area contributed by atoms with Gasteiger partial charge in [0.25, 0.3) is 5.16 Å². The summed E-state index contributed by atoms with van der Waals surface area (Å²) in [6.45, 7) is 0. The standard InChI is InChI=1S/C12H11F2N3O3S/c1-20-10-5-9(15)16-12(17-10)21(18,19)6-7-3-2-4-8(13)11(7)14/h2-5H,6H2,1H3,(H2,15,16,17).